The van der Waals surface area contributed by atoms with E-state index in [9.17, 15) is 0 Å². The normalized spacial score (nSPS) is 11.1. The van der Waals surface area contributed by atoms with Gasteiger partial charge in [-0.3, -0.25) is 0 Å². The summed E-state index contributed by atoms with van der Waals surface area (Å²) >= 11 is 0. The minimum Gasteiger partial charge on any atom is -0.356 e. The molecule has 19 heavy (non-hydrogen) atoms. The average Bonchev–Trinajstić information content (AvgIpc) is 2.85. The predicted octanol–water partition coefficient (Wildman–Crippen LogP) is 3.16. The van der Waals surface area contributed by atoms with Crippen molar-refractivity contribution >= 4 is 0 Å². The van der Waals surface area contributed by atoms with E-state index in [2.05, 4.69) is 54.2 Å². The van der Waals surface area contributed by atoms with Crippen molar-refractivity contribution in [3.05, 3.63) is 59.9 Å². The van der Waals surface area contributed by atoms with Crippen LogP contribution in [0.1, 0.15) is 25.1 Å². The van der Waals surface area contributed by atoms with Gasteiger partial charge in [-0.05, 0) is 17.7 Å². The van der Waals surface area contributed by atoms with Crippen molar-refractivity contribution in [3.8, 4) is 0 Å². The van der Waals surface area contributed by atoms with Gasteiger partial charge in [-0.1, -0.05) is 44.2 Å². The summed E-state index contributed by atoms with van der Waals surface area (Å²) in [5, 5.41) is 3.42. The Balaban J connectivity index is 1.81. The molecule has 0 atom stereocenters. The van der Waals surface area contributed by atoms with Crippen molar-refractivity contribution in [1.29, 1.82) is 0 Å². The molecule has 0 saturated carbocycles. The van der Waals surface area contributed by atoms with Crippen molar-refractivity contribution in [1.82, 2.24) is 9.88 Å². The van der Waals surface area contributed by atoms with E-state index in [-0.39, 0.29) is 0 Å². The Kier molecular flexibility index (Phi) is 5.19. The van der Waals surface area contributed by atoms with Crippen LogP contribution < -0.4 is 5.32 Å². The van der Waals surface area contributed by atoms with E-state index >= 15 is 0 Å². The van der Waals surface area contributed by atoms with Gasteiger partial charge in [-0.25, -0.2) is 0 Å². The van der Waals surface area contributed by atoms with E-state index in [1.165, 1.54) is 11.3 Å². The van der Waals surface area contributed by atoms with Crippen LogP contribution in [0.25, 0.3) is 0 Å². The number of benzene rings is 1. The van der Waals surface area contributed by atoms with Gasteiger partial charge in [0.25, 0.3) is 0 Å². The Morgan fingerprint density at radius 1 is 1.11 bits per heavy atom. The first-order chi connectivity index (χ1) is 9.25. The Bertz CT molecular complexity index is 477. The molecule has 1 heterocycles. The molecule has 0 aliphatic heterocycles. The zero-order chi connectivity index (χ0) is 13.5. The number of hydrogen-bond donors (Lipinski definition) is 1. The lowest BCUT2D eigenvalue weighted by molar-refractivity contribution is 0.0623. The maximum Gasteiger partial charge on any atom is 0.123 e. The molecule has 1 aromatic carbocycles. The Labute approximate surface area is 115 Å². The van der Waals surface area contributed by atoms with Crippen LogP contribution in [0.2, 0.25) is 0 Å². The van der Waals surface area contributed by atoms with Crippen molar-refractivity contribution in [2.24, 2.45) is 0 Å². The lowest BCUT2D eigenvalue weighted by Gasteiger charge is -2.12. The molecular weight excluding hydrogens is 236 g/mol. The van der Waals surface area contributed by atoms with Crippen molar-refractivity contribution in [2.45, 2.75) is 39.8 Å². The number of nitrogens with one attached hydrogen (secondary N) is 1. The minimum atomic E-state index is 0.494. The number of ether oxygens (including phenoxy) is 1. The summed E-state index contributed by atoms with van der Waals surface area (Å²) in [4.78, 5) is 0. The van der Waals surface area contributed by atoms with Gasteiger partial charge >= 0.3 is 0 Å². The van der Waals surface area contributed by atoms with Gasteiger partial charge in [-0.2, -0.15) is 0 Å². The van der Waals surface area contributed by atoms with Crippen LogP contribution in [0.4, 0.5) is 0 Å². The zero-order valence-electron chi connectivity index (χ0n) is 11.7. The monoisotopic (exact) mass is 258 g/mol. The zero-order valence-corrected chi connectivity index (χ0v) is 11.7. The van der Waals surface area contributed by atoms with E-state index in [4.69, 9.17) is 4.74 Å². The van der Waals surface area contributed by atoms with Crippen LogP contribution in [-0.4, -0.2) is 10.6 Å². The molecule has 0 aliphatic rings. The highest BCUT2D eigenvalue weighted by Gasteiger charge is 2.01. The molecule has 0 unspecified atom stereocenters. The van der Waals surface area contributed by atoms with Crippen molar-refractivity contribution in [3.63, 3.8) is 0 Å². The van der Waals surface area contributed by atoms with Crippen molar-refractivity contribution in [2.75, 3.05) is 0 Å². The third-order valence-corrected chi connectivity index (χ3v) is 2.96. The molecule has 2 rings (SSSR count). The lowest BCUT2D eigenvalue weighted by Crippen LogP contribution is -2.23. The fourth-order valence-electron chi connectivity index (χ4n) is 1.88. The SMILES string of the molecule is CC(C)NCc1cccn1COCc1ccccc1. The first kappa shape index (κ1) is 13.8. The number of nitrogens with zero attached hydrogens (tertiary/aromatic N) is 1. The molecule has 2 aromatic rings. The summed E-state index contributed by atoms with van der Waals surface area (Å²) in [5.74, 6) is 0. The molecule has 0 fully saturated rings. The quantitative estimate of drug-likeness (QED) is 0.825. The van der Waals surface area contributed by atoms with E-state index in [0.717, 1.165) is 6.54 Å². The molecular formula is C16H22N2O. The second-order valence-electron chi connectivity index (χ2n) is 4.97. The van der Waals surface area contributed by atoms with Gasteiger partial charge in [0.2, 0.25) is 0 Å². The molecule has 0 aliphatic carbocycles. The summed E-state index contributed by atoms with van der Waals surface area (Å²) in [6.07, 6.45) is 2.06. The smallest absolute Gasteiger partial charge is 0.123 e. The van der Waals surface area contributed by atoms with Crippen LogP contribution >= 0.6 is 0 Å². The highest BCUT2D eigenvalue weighted by atomic mass is 16.5. The first-order valence-electron chi connectivity index (χ1n) is 6.75. The largest absolute Gasteiger partial charge is 0.356 e. The van der Waals surface area contributed by atoms with Gasteiger partial charge in [-0.15, -0.1) is 0 Å². The van der Waals surface area contributed by atoms with Crippen LogP contribution in [0, 0.1) is 0 Å². The fourth-order valence-corrected chi connectivity index (χ4v) is 1.88. The average molecular weight is 258 g/mol. The third-order valence-electron chi connectivity index (χ3n) is 2.96. The third kappa shape index (κ3) is 4.54. The van der Waals surface area contributed by atoms with Crippen LogP contribution in [-0.2, 0) is 24.6 Å². The molecule has 1 N–H and O–H groups in total. The molecule has 0 radical (unpaired) electrons. The highest BCUT2D eigenvalue weighted by Crippen LogP contribution is 2.05. The second kappa shape index (κ2) is 7.12. The topological polar surface area (TPSA) is 26.2 Å². The summed E-state index contributed by atoms with van der Waals surface area (Å²) in [7, 11) is 0. The first-order valence-corrected chi connectivity index (χ1v) is 6.75. The van der Waals surface area contributed by atoms with Gasteiger partial charge < -0.3 is 14.6 Å². The maximum atomic E-state index is 5.75. The van der Waals surface area contributed by atoms with Gasteiger partial charge in [0, 0.05) is 24.5 Å². The van der Waals surface area contributed by atoms with Crippen molar-refractivity contribution < 1.29 is 4.74 Å². The van der Waals surface area contributed by atoms with E-state index in [1.807, 2.05) is 18.2 Å². The predicted molar refractivity (Wildman–Crippen MR) is 77.6 cm³/mol. The number of hydrogen-bond acceptors (Lipinski definition) is 2. The Morgan fingerprint density at radius 2 is 1.89 bits per heavy atom. The van der Waals surface area contributed by atoms with Crippen LogP contribution in [0.5, 0.6) is 0 Å². The Hall–Kier alpha value is -1.58. The molecule has 3 nitrogen and oxygen atoms in total. The molecule has 1 aromatic heterocycles. The second-order valence-corrected chi connectivity index (χ2v) is 4.97. The molecule has 3 heteroatoms. The standard InChI is InChI=1S/C16H22N2O/c1-14(2)17-11-16-9-6-10-18(16)13-19-12-15-7-4-3-5-8-15/h3-10,14,17H,11-13H2,1-2H3. The fraction of sp³-hybridized carbons (Fsp3) is 0.375. The van der Waals surface area contributed by atoms with Gasteiger partial charge in [0.05, 0.1) is 6.61 Å². The van der Waals surface area contributed by atoms with Gasteiger partial charge in [0.15, 0.2) is 0 Å². The lowest BCUT2D eigenvalue weighted by atomic mass is 10.2. The molecule has 0 saturated heterocycles. The van der Waals surface area contributed by atoms with E-state index < -0.39 is 0 Å². The minimum absolute atomic E-state index is 0.494. The van der Waals surface area contributed by atoms with Gasteiger partial charge in [0.1, 0.15) is 6.73 Å². The summed E-state index contributed by atoms with van der Waals surface area (Å²) in [6, 6.07) is 14.9. The van der Waals surface area contributed by atoms with E-state index in [1.54, 1.807) is 0 Å². The molecule has 102 valence electrons. The van der Waals surface area contributed by atoms with Crippen LogP contribution in [0.3, 0.4) is 0 Å². The molecule has 0 spiro atoms. The highest BCUT2D eigenvalue weighted by molar-refractivity contribution is 5.13. The molecule has 0 bridgehead atoms. The maximum absolute atomic E-state index is 5.75. The summed E-state index contributed by atoms with van der Waals surface area (Å²) in [5.41, 5.74) is 2.46. The summed E-state index contributed by atoms with van der Waals surface area (Å²) < 4.78 is 7.88. The summed E-state index contributed by atoms with van der Waals surface area (Å²) in [6.45, 7) is 6.42. The Morgan fingerprint density at radius 3 is 2.63 bits per heavy atom. The van der Waals surface area contributed by atoms with Crippen LogP contribution in [0.15, 0.2) is 48.7 Å². The number of aromatic nitrogens is 1. The molecule has 0 amide bonds. The number of rotatable bonds is 7. The van der Waals surface area contributed by atoms with E-state index in [0.29, 0.717) is 19.4 Å².